The standard InChI is InChI=1S/C28H13NO6.2C27H12N2O6/c1-3-14-5-8-17-19(11-14)25(31)23(24(17)30)16-7-10-22(21(13-16)28(34)35)29-26(32)18-9-6-15(4-2)12-20(18)27(29)33;1-3-14-5-8-17-19(11-14)25(32)28(23(17)30)21-10-7-16(27(34)35)13-22(21)29-24(31)18-9-6-15(4-2)12-20(18)26(29)33;1-3-14-5-8-17-20(11-14)25(32)28(23(17)30)16-7-10-19(27(34)35)22(13-16)29-24(31)18-9-6-15(4-2)12-21(18)26(29)33/h1-2,5-13,23H,(H,34,35);2*1-2,5-13H,(H,34,35). The number of carboxylic acid groups (broad SMARTS) is 3. The summed E-state index contributed by atoms with van der Waals surface area (Å²) in [5.74, 6) is 0.715. The van der Waals surface area contributed by atoms with E-state index in [0.29, 0.717) is 38.3 Å². The molecule has 23 nitrogen and oxygen atoms in total. The molecule has 1 unspecified atom stereocenters. The van der Waals surface area contributed by atoms with Crippen LogP contribution in [-0.2, 0) is 0 Å². The summed E-state index contributed by atoms with van der Waals surface area (Å²) < 4.78 is 0. The van der Waals surface area contributed by atoms with Gasteiger partial charge >= 0.3 is 17.9 Å². The first-order valence-electron chi connectivity index (χ1n) is 30.6. The molecule has 10 amide bonds. The molecule has 105 heavy (non-hydrogen) atoms. The zero-order valence-electron chi connectivity index (χ0n) is 53.3. The molecular weight excluding hydrogens is 1340 g/mol. The van der Waals surface area contributed by atoms with Gasteiger partial charge in [0, 0.05) is 44.5 Å². The highest BCUT2D eigenvalue weighted by Gasteiger charge is 2.47. The summed E-state index contributed by atoms with van der Waals surface area (Å²) in [4.78, 5) is 197. The van der Waals surface area contributed by atoms with Crippen LogP contribution in [0.25, 0.3) is 0 Å². The van der Waals surface area contributed by atoms with Gasteiger partial charge in [0.25, 0.3) is 59.1 Å². The minimum absolute atomic E-state index is 0.0145. The third-order valence-electron chi connectivity index (χ3n) is 17.7. The zero-order chi connectivity index (χ0) is 75.0. The Bertz CT molecular complexity index is 6070. The second-order valence-corrected chi connectivity index (χ2v) is 23.4. The number of anilines is 5. The molecule has 0 bridgehead atoms. The Morgan fingerprint density at radius 3 is 0.962 bits per heavy atom. The van der Waals surface area contributed by atoms with Gasteiger partial charge in [-0.1, -0.05) is 41.6 Å². The zero-order valence-corrected chi connectivity index (χ0v) is 53.3. The lowest BCUT2D eigenvalue weighted by molar-refractivity contribution is 0.0686. The quantitative estimate of drug-likeness (QED) is 0.0688. The lowest BCUT2D eigenvalue weighted by Gasteiger charge is -2.23. The first-order chi connectivity index (χ1) is 50.3. The van der Waals surface area contributed by atoms with Crippen LogP contribution in [0.4, 0.5) is 28.4 Å². The number of hydrogen-bond donors (Lipinski definition) is 3. The number of carbonyl (C=O) groups is 15. The van der Waals surface area contributed by atoms with Crippen LogP contribution in [0.15, 0.2) is 164 Å². The van der Waals surface area contributed by atoms with Gasteiger partial charge < -0.3 is 15.3 Å². The maximum absolute atomic E-state index is 13.3. The molecule has 0 aromatic heterocycles. The van der Waals surface area contributed by atoms with Gasteiger partial charge in [0.15, 0.2) is 11.6 Å². The Morgan fingerprint density at radius 2 is 0.581 bits per heavy atom. The number of aromatic carboxylic acids is 3. The van der Waals surface area contributed by atoms with E-state index in [2.05, 4.69) is 35.5 Å². The molecule has 0 spiro atoms. The number of rotatable bonds is 9. The van der Waals surface area contributed by atoms with Crippen molar-refractivity contribution in [2.24, 2.45) is 0 Å². The number of Topliss-reactive ketones (excluding diaryl/α,β-unsaturated/α-hetero) is 2. The fourth-order valence-electron chi connectivity index (χ4n) is 12.7. The Balaban J connectivity index is 0.000000140. The number of carboxylic acids is 3. The van der Waals surface area contributed by atoms with Gasteiger partial charge in [-0.05, 0) is 163 Å². The molecule has 5 aliphatic heterocycles. The summed E-state index contributed by atoms with van der Waals surface area (Å²) >= 11 is 0. The van der Waals surface area contributed by atoms with Crippen LogP contribution in [0.3, 0.4) is 0 Å². The number of amides is 10. The van der Waals surface area contributed by atoms with Gasteiger partial charge in [0.2, 0.25) is 0 Å². The van der Waals surface area contributed by atoms with E-state index in [0.717, 1.165) is 43.9 Å². The van der Waals surface area contributed by atoms with E-state index in [1.807, 2.05) is 0 Å². The Morgan fingerprint density at radius 1 is 0.267 bits per heavy atom. The molecule has 6 aliphatic rings. The van der Waals surface area contributed by atoms with Crippen LogP contribution in [0.5, 0.6) is 0 Å². The van der Waals surface area contributed by atoms with E-state index in [1.165, 1.54) is 133 Å². The van der Waals surface area contributed by atoms with E-state index >= 15 is 0 Å². The van der Waals surface area contributed by atoms with Crippen LogP contribution in [0.2, 0.25) is 0 Å². The van der Waals surface area contributed by atoms with Crippen LogP contribution in [0.1, 0.15) is 200 Å². The summed E-state index contributed by atoms with van der Waals surface area (Å²) in [6, 6.07) is 36.7. The Kier molecular flexibility index (Phi) is 16.4. The monoisotopic (exact) mass is 1380 g/mol. The first-order valence-corrected chi connectivity index (χ1v) is 30.6. The molecule has 0 fully saturated rings. The number of ketones is 2. The largest absolute Gasteiger partial charge is 0.478 e. The van der Waals surface area contributed by atoms with Gasteiger partial charge in [0.05, 0.1) is 101 Å². The van der Waals surface area contributed by atoms with Gasteiger partial charge in [-0.25, -0.2) is 38.9 Å². The molecule has 9 aromatic carbocycles. The van der Waals surface area contributed by atoms with Gasteiger partial charge in [-0.3, -0.25) is 57.5 Å². The number of nitrogens with zero attached hydrogens (tertiary/aromatic N) is 5. The maximum atomic E-state index is 13.3. The van der Waals surface area contributed by atoms with E-state index < -0.39 is 100 Å². The second kappa shape index (κ2) is 25.6. The van der Waals surface area contributed by atoms with Crippen molar-refractivity contribution in [3.63, 3.8) is 0 Å². The van der Waals surface area contributed by atoms with Crippen molar-refractivity contribution in [1.29, 1.82) is 0 Å². The van der Waals surface area contributed by atoms with Crippen molar-refractivity contribution in [1.82, 2.24) is 0 Å². The molecule has 5 heterocycles. The van der Waals surface area contributed by atoms with E-state index in [1.54, 1.807) is 6.07 Å². The summed E-state index contributed by atoms with van der Waals surface area (Å²) in [7, 11) is 0. The smallest absolute Gasteiger partial charge is 0.337 e. The van der Waals surface area contributed by atoms with Crippen LogP contribution < -0.4 is 24.5 Å². The number of terminal acetylenes is 6. The van der Waals surface area contributed by atoms with Crippen LogP contribution >= 0.6 is 0 Å². The minimum Gasteiger partial charge on any atom is -0.478 e. The highest BCUT2D eigenvalue weighted by Crippen LogP contribution is 2.43. The molecule has 15 rings (SSSR count). The van der Waals surface area contributed by atoms with Crippen molar-refractivity contribution >= 4 is 117 Å². The topological polar surface area (TPSA) is 333 Å². The fraction of sp³-hybridized carbons (Fsp3) is 0.0122. The molecule has 0 saturated heterocycles. The lowest BCUT2D eigenvalue weighted by Crippen LogP contribution is -2.35. The van der Waals surface area contributed by atoms with Gasteiger partial charge in [-0.15, -0.1) is 38.5 Å². The van der Waals surface area contributed by atoms with Crippen molar-refractivity contribution in [2.45, 2.75) is 5.92 Å². The Hall–Kier alpha value is -16.2. The molecule has 498 valence electrons. The first kappa shape index (κ1) is 67.4. The van der Waals surface area contributed by atoms with E-state index in [9.17, 15) is 87.2 Å². The molecule has 0 saturated carbocycles. The van der Waals surface area contributed by atoms with E-state index in [4.69, 9.17) is 38.5 Å². The predicted octanol–water partition coefficient (Wildman–Crippen LogP) is 9.21. The molecule has 23 heteroatoms. The number of benzene rings is 9. The van der Waals surface area contributed by atoms with Crippen molar-refractivity contribution in [3.8, 4) is 74.1 Å². The third-order valence-corrected chi connectivity index (χ3v) is 17.7. The summed E-state index contributed by atoms with van der Waals surface area (Å²) in [6.07, 6.45) is 32.4. The van der Waals surface area contributed by atoms with E-state index in [-0.39, 0.29) is 112 Å². The van der Waals surface area contributed by atoms with Crippen LogP contribution in [-0.4, -0.2) is 104 Å². The van der Waals surface area contributed by atoms with Gasteiger partial charge in [0.1, 0.15) is 5.92 Å². The Labute approximate surface area is 592 Å². The summed E-state index contributed by atoms with van der Waals surface area (Å²) in [5.41, 5.74) is 1.67. The highest BCUT2D eigenvalue weighted by atomic mass is 16.4. The number of fused-ring (bicyclic) bond motifs is 6. The fourth-order valence-corrected chi connectivity index (χ4v) is 12.7. The lowest BCUT2D eigenvalue weighted by atomic mass is 9.92. The normalized spacial score (nSPS) is 14.7. The number of hydrogen-bond acceptors (Lipinski definition) is 15. The maximum Gasteiger partial charge on any atom is 0.337 e. The number of carbonyl (C=O) groups excluding carboxylic acids is 12. The second-order valence-electron chi connectivity index (χ2n) is 23.4. The predicted molar refractivity (Wildman–Crippen MR) is 374 cm³/mol. The molecule has 1 aliphatic carbocycles. The van der Waals surface area contributed by atoms with Gasteiger partial charge in [-0.2, -0.15) is 0 Å². The minimum atomic E-state index is -1.44. The van der Waals surface area contributed by atoms with Crippen molar-refractivity contribution < 1.29 is 87.2 Å². The highest BCUT2D eigenvalue weighted by molar-refractivity contribution is 6.41. The van der Waals surface area contributed by atoms with Crippen molar-refractivity contribution in [3.05, 3.63) is 286 Å². The summed E-state index contributed by atoms with van der Waals surface area (Å²) in [6.45, 7) is 0. The third kappa shape index (κ3) is 10.8. The SMILES string of the molecule is C#Cc1ccc2c(c1)C(=O)C(c1ccc(N3C(=O)c4ccc(C#C)cc4C3=O)c(C(=O)O)c1)C2=O.C#Cc1ccc2c(c1)C(=O)N(c1ccc(C(=O)O)c(N3C(=O)c4ccc(C#C)cc4C3=O)c1)C2=O.C#Cc1ccc2c(c1)C(=O)N(c1ccc(C(=O)O)cc1N1C(=O)c3ccc(C#C)cc3C1=O)C2=O. The van der Waals surface area contributed by atoms with Crippen molar-refractivity contribution in [2.75, 3.05) is 24.5 Å². The summed E-state index contributed by atoms with van der Waals surface area (Å²) in [5, 5.41) is 29.1. The van der Waals surface area contributed by atoms with Crippen LogP contribution in [0, 0.1) is 74.1 Å². The molecule has 3 N–H and O–H groups in total. The molecule has 0 radical (unpaired) electrons. The number of imide groups is 5. The molecule has 1 atom stereocenters. The molecular formula is C82H37N5O18. The average Bonchev–Trinajstić information content (AvgIpc) is 1.60. The molecule has 9 aromatic rings. The average molecular weight is 1380 g/mol.